The van der Waals surface area contributed by atoms with E-state index in [1.807, 2.05) is 6.92 Å². The molecule has 0 aliphatic heterocycles. The summed E-state index contributed by atoms with van der Waals surface area (Å²) in [7, 11) is 0. The fraction of sp³-hybridized carbons (Fsp3) is 0.231. The molecule has 0 saturated carbocycles. The molecule has 0 aliphatic carbocycles. The van der Waals surface area contributed by atoms with Crippen LogP contribution < -0.4 is 0 Å². The Kier molecular flexibility index (Phi) is 3.77. The number of carbonyl (C=O) groups excluding carboxylic acids is 1. The van der Waals surface area contributed by atoms with Gasteiger partial charge in [-0.1, -0.05) is 30.7 Å². The van der Waals surface area contributed by atoms with Crippen molar-refractivity contribution in [1.29, 1.82) is 0 Å². The first kappa shape index (κ1) is 12.8. The summed E-state index contributed by atoms with van der Waals surface area (Å²) < 4.78 is 14.7. The standard InChI is InChI=1S/C13H12ClFN2O/c1-2-6-17-12(11(14)8-16-17)13(18)9-4-3-5-10(15)7-9/h3-5,7-8H,2,6H2,1H3. The van der Waals surface area contributed by atoms with Gasteiger partial charge in [0.15, 0.2) is 0 Å². The lowest BCUT2D eigenvalue weighted by molar-refractivity contribution is 0.102. The van der Waals surface area contributed by atoms with E-state index in [0.29, 0.717) is 12.2 Å². The number of benzene rings is 1. The molecular formula is C13H12ClFN2O. The predicted molar refractivity (Wildman–Crippen MR) is 67.4 cm³/mol. The molecule has 0 aliphatic rings. The highest BCUT2D eigenvalue weighted by atomic mass is 35.5. The zero-order valence-electron chi connectivity index (χ0n) is 9.86. The van der Waals surface area contributed by atoms with Crippen molar-refractivity contribution in [3.63, 3.8) is 0 Å². The number of carbonyl (C=O) groups is 1. The van der Waals surface area contributed by atoms with Crippen molar-refractivity contribution in [2.24, 2.45) is 0 Å². The molecule has 0 N–H and O–H groups in total. The second-order valence-corrected chi connectivity index (χ2v) is 4.31. The van der Waals surface area contributed by atoms with E-state index >= 15 is 0 Å². The average molecular weight is 267 g/mol. The van der Waals surface area contributed by atoms with E-state index in [1.54, 1.807) is 10.7 Å². The Labute approximate surface area is 109 Å². The van der Waals surface area contributed by atoms with E-state index in [9.17, 15) is 9.18 Å². The van der Waals surface area contributed by atoms with E-state index in [2.05, 4.69) is 5.10 Å². The molecule has 2 rings (SSSR count). The van der Waals surface area contributed by atoms with Crippen LogP contribution in [0.5, 0.6) is 0 Å². The van der Waals surface area contributed by atoms with Gasteiger partial charge in [0.25, 0.3) is 0 Å². The topological polar surface area (TPSA) is 34.9 Å². The monoisotopic (exact) mass is 266 g/mol. The average Bonchev–Trinajstić information content (AvgIpc) is 2.70. The van der Waals surface area contributed by atoms with Crippen molar-refractivity contribution >= 4 is 17.4 Å². The highest BCUT2D eigenvalue weighted by Crippen LogP contribution is 2.20. The molecule has 0 unspecified atom stereocenters. The molecule has 1 heterocycles. The lowest BCUT2D eigenvalue weighted by Gasteiger charge is -2.06. The van der Waals surface area contributed by atoms with Gasteiger partial charge in [-0.15, -0.1) is 0 Å². The lowest BCUT2D eigenvalue weighted by Crippen LogP contribution is -2.12. The number of ketones is 1. The van der Waals surface area contributed by atoms with Gasteiger partial charge < -0.3 is 0 Å². The van der Waals surface area contributed by atoms with Crippen LogP contribution in [-0.2, 0) is 6.54 Å². The molecule has 1 aromatic heterocycles. The minimum atomic E-state index is -0.446. The van der Waals surface area contributed by atoms with E-state index in [1.165, 1.54) is 24.4 Å². The SMILES string of the molecule is CCCn1ncc(Cl)c1C(=O)c1cccc(F)c1. The molecule has 0 amide bonds. The number of aryl methyl sites for hydroxylation is 1. The van der Waals surface area contributed by atoms with Crippen LogP contribution in [0.4, 0.5) is 4.39 Å². The maximum Gasteiger partial charge on any atom is 0.212 e. The van der Waals surface area contributed by atoms with E-state index in [4.69, 9.17) is 11.6 Å². The number of rotatable bonds is 4. The zero-order valence-corrected chi connectivity index (χ0v) is 10.6. The quantitative estimate of drug-likeness (QED) is 0.796. The minimum absolute atomic E-state index is 0.273. The Hall–Kier alpha value is -1.68. The summed E-state index contributed by atoms with van der Waals surface area (Å²) in [6.07, 6.45) is 2.27. The van der Waals surface area contributed by atoms with Crippen LogP contribution in [0.3, 0.4) is 0 Å². The van der Waals surface area contributed by atoms with E-state index in [0.717, 1.165) is 6.42 Å². The molecule has 3 nitrogen and oxygen atoms in total. The number of aromatic nitrogens is 2. The molecular weight excluding hydrogens is 255 g/mol. The van der Waals surface area contributed by atoms with Gasteiger partial charge >= 0.3 is 0 Å². The Morgan fingerprint density at radius 1 is 1.50 bits per heavy atom. The highest BCUT2D eigenvalue weighted by molar-refractivity contribution is 6.34. The van der Waals surface area contributed by atoms with Gasteiger partial charge in [-0.25, -0.2) is 4.39 Å². The summed E-state index contributed by atoms with van der Waals surface area (Å²) in [5.74, 6) is -0.760. The molecule has 2 aromatic rings. The molecule has 0 bridgehead atoms. The van der Waals surface area contributed by atoms with Crippen LogP contribution in [0.2, 0.25) is 5.02 Å². The summed E-state index contributed by atoms with van der Waals surface area (Å²) in [5, 5.41) is 4.33. The summed E-state index contributed by atoms with van der Waals surface area (Å²) in [6, 6.07) is 5.55. The van der Waals surface area contributed by atoms with Crippen LogP contribution >= 0.6 is 11.6 Å². The number of halogens is 2. The van der Waals surface area contributed by atoms with Crippen LogP contribution in [-0.4, -0.2) is 15.6 Å². The van der Waals surface area contributed by atoms with Crippen molar-refractivity contribution in [2.75, 3.05) is 0 Å². The second kappa shape index (κ2) is 5.31. The normalized spacial score (nSPS) is 10.6. The molecule has 18 heavy (non-hydrogen) atoms. The number of hydrogen-bond acceptors (Lipinski definition) is 2. The second-order valence-electron chi connectivity index (χ2n) is 3.90. The largest absolute Gasteiger partial charge is 0.287 e. The van der Waals surface area contributed by atoms with Crippen LogP contribution in [0, 0.1) is 5.82 Å². The maximum absolute atomic E-state index is 13.1. The van der Waals surface area contributed by atoms with Gasteiger partial charge in [0.2, 0.25) is 5.78 Å². The molecule has 0 radical (unpaired) electrons. The summed E-state index contributed by atoms with van der Waals surface area (Å²) in [5.41, 5.74) is 0.582. The minimum Gasteiger partial charge on any atom is -0.287 e. The number of hydrogen-bond donors (Lipinski definition) is 0. The van der Waals surface area contributed by atoms with Gasteiger partial charge in [0.1, 0.15) is 11.5 Å². The summed E-state index contributed by atoms with van der Waals surface area (Å²) in [4.78, 5) is 12.3. The molecule has 0 fully saturated rings. The molecule has 0 saturated heterocycles. The summed E-state index contributed by atoms with van der Waals surface area (Å²) >= 11 is 5.97. The first-order valence-corrected chi connectivity index (χ1v) is 6.03. The first-order chi connectivity index (χ1) is 8.63. The fourth-order valence-corrected chi connectivity index (χ4v) is 1.96. The van der Waals surface area contributed by atoms with Crippen molar-refractivity contribution in [1.82, 2.24) is 9.78 Å². The Bertz CT molecular complexity index is 580. The third-order valence-electron chi connectivity index (χ3n) is 2.53. The first-order valence-electron chi connectivity index (χ1n) is 5.65. The highest BCUT2D eigenvalue weighted by Gasteiger charge is 2.19. The van der Waals surface area contributed by atoms with Gasteiger partial charge in [0.05, 0.1) is 11.2 Å². The van der Waals surface area contributed by atoms with Crippen LogP contribution in [0.15, 0.2) is 30.5 Å². The molecule has 1 aromatic carbocycles. The zero-order chi connectivity index (χ0) is 13.1. The third-order valence-corrected chi connectivity index (χ3v) is 2.81. The lowest BCUT2D eigenvalue weighted by atomic mass is 10.1. The summed E-state index contributed by atoms with van der Waals surface area (Å²) in [6.45, 7) is 2.58. The van der Waals surface area contributed by atoms with Crippen molar-refractivity contribution in [3.05, 3.63) is 52.6 Å². The smallest absolute Gasteiger partial charge is 0.212 e. The van der Waals surface area contributed by atoms with Gasteiger partial charge in [-0.05, 0) is 18.6 Å². The van der Waals surface area contributed by atoms with Crippen molar-refractivity contribution in [3.8, 4) is 0 Å². The maximum atomic E-state index is 13.1. The Balaban J connectivity index is 2.42. The van der Waals surface area contributed by atoms with E-state index in [-0.39, 0.29) is 16.4 Å². The number of nitrogens with zero attached hydrogens (tertiary/aromatic N) is 2. The molecule has 94 valence electrons. The van der Waals surface area contributed by atoms with Crippen LogP contribution in [0.1, 0.15) is 29.4 Å². The third kappa shape index (κ3) is 2.43. The van der Waals surface area contributed by atoms with E-state index < -0.39 is 5.82 Å². The van der Waals surface area contributed by atoms with Crippen LogP contribution in [0.25, 0.3) is 0 Å². The fourth-order valence-electron chi connectivity index (χ4n) is 1.74. The van der Waals surface area contributed by atoms with Crippen molar-refractivity contribution < 1.29 is 9.18 Å². The Morgan fingerprint density at radius 2 is 2.28 bits per heavy atom. The van der Waals surface area contributed by atoms with Gasteiger partial charge in [-0.2, -0.15) is 5.10 Å². The molecule has 0 spiro atoms. The van der Waals surface area contributed by atoms with Gasteiger partial charge in [0, 0.05) is 12.1 Å². The molecule has 5 heteroatoms. The molecule has 0 atom stereocenters. The predicted octanol–water partition coefficient (Wildman–Crippen LogP) is 3.32. The Morgan fingerprint density at radius 3 is 2.94 bits per heavy atom. The van der Waals surface area contributed by atoms with Gasteiger partial charge in [-0.3, -0.25) is 9.48 Å². The van der Waals surface area contributed by atoms with Crippen molar-refractivity contribution in [2.45, 2.75) is 19.9 Å².